The van der Waals surface area contributed by atoms with Gasteiger partial charge < -0.3 is 10.2 Å². The van der Waals surface area contributed by atoms with Gasteiger partial charge in [0.25, 0.3) is 0 Å². The summed E-state index contributed by atoms with van der Waals surface area (Å²) in [7, 11) is 0. The predicted octanol–water partition coefficient (Wildman–Crippen LogP) is 0.479. The summed E-state index contributed by atoms with van der Waals surface area (Å²) in [5.74, 6) is 0.164. The molecule has 6 nitrogen and oxygen atoms in total. The molecule has 94 valence electrons. The number of hydrogen-bond acceptors (Lipinski definition) is 5. The van der Waals surface area contributed by atoms with E-state index in [-0.39, 0.29) is 11.9 Å². The highest BCUT2D eigenvalue weighted by molar-refractivity contribution is 5.81. The zero-order chi connectivity index (χ0) is 12.3. The fourth-order valence-electron chi connectivity index (χ4n) is 1.96. The van der Waals surface area contributed by atoms with Crippen LogP contribution in [0.1, 0.15) is 31.2 Å². The van der Waals surface area contributed by atoms with Gasteiger partial charge in [-0.05, 0) is 26.7 Å². The molecule has 6 heteroatoms. The molecule has 1 aliphatic heterocycles. The van der Waals surface area contributed by atoms with Gasteiger partial charge in [-0.15, -0.1) is 0 Å². The second-order valence-electron chi connectivity index (χ2n) is 4.43. The van der Waals surface area contributed by atoms with E-state index in [4.69, 9.17) is 0 Å². The minimum Gasteiger partial charge on any atom is -0.341 e. The molecule has 0 radical (unpaired) electrons. The number of hydrogen-bond donors (Lipinski definition) is 1. The normalized spacial score (nSPS) is 17.4. The molecule has 0 aromatic carbocycles. The summed E-state index contributed by atoms with van der Waals surface area (Å²) in [6, 6.07) is -0.191. The molecule has 1 N–H and O–H groups in total. The van der Waals surface area contributed by atoms with E-state index in [2.05, 4.69) is 20.3 Å². The average Bonchev–Trinajstić information content (AvgIpc) is 2.96. The maximum Gasteiger partial charge on any atom is 0.239 e. The van der Waals surface area contributed by atoms with Crippen LogP contribution in [-0.2, 0) is 11.3 Å². The standard InChI is InChI=1S/C11H18N4O2/c1-8-10(14-17-13-8)7-12-9(2)11(16)15-5-3-4-6-15/h9,12H,3-7H2,1-2H3. The highest BCUT2D eigenvalue weighted by Crippen LogP contribution is 2.09. The van der Waals surface area contributed by atoms with E-state index < -0.39 is 0 Å². The molecular formula is C11H18N4O2. The largest absolute Gasteiger partial charge is 0.341 e. The Bertz CT molecular complexity index is 385. The number of aromatic nitrogens is 2. The van der Waals surface area contributed by atoms with Crippen molar-refractivity contribution in [2.24, 2.45) is 0 Å². The van der Waals surface area contributed by atoms with E-state index in [0.717, 1.165) is 37.3 Å². The first kappa shape index (κ1) is 12.0. The zero-order valence-corrected chi connectivity index (χ0v) is 10.3. The van der Waals surface area contributed by atoms with Crippen molar-refractivity contribution in [1.29, 1.82) is 0 Å². The van der Waals surface area contributed by atoms with Crippen LogP contribution < -0.4 is 5.32 Å². The average molecular weight is 238 g/mol. The molecule has 1 fully saturated rings. The van der Waals surface area contributed by atoms with Crippen LogP contribution in [0.25, 0.3) is 0 Å². The predicted molar refractivity (Wildman–Crippen MR) is 61.2 cm³/mol. The summed E-state index contributed by atoms with van der Waals surface area (Å²) >= 11 is 0. The lowest BCUT2D eigenvalue weighted by molar-refractivity contribution is -0.132. The number of nitrogens with zero attached hydrogens (tertiary/aromatic N) is 3. The Morgan fingerprint density at radius 2 is 2.18 bits per heavy atom. The van der Waals surface area contributed by atoms with E-state index in [1.165, 1.54) is 0 Å². The first-order valence-electron chi connectivity index (χ1n) is 5.98. The topological polar surface area (TPSA) is 71.3 Å². The number of nitrogens with one attached hydrogen (secondary N) is 1. The Morgan fingerprint density at radius 3 is 2.76 bits per heavy atom. The third-order valence-corrected chi connectivity index (χ3v) is 3.11. The van der Waals surface area contributed by atoms with E-state index in [0.29, 0.717) is 6.54 Å². The van der Waals surface area contributed by atoms with Gasteiger partial charge in [0.05, 0.1) is 6.04 Å². The van der Waals surface area contributed by atoms with Crippen LogP contribution in [0, 0.1) is 6.92 Å². The highest BCUT2D eigenvalue weighted by Gasteiger charge is 2.23. The molecule has 1 saturated heterocycles. The Labute approximate surface area is 100 Å². The molecular weight excluding hydrogens is 220 g/mol. The SMILES string of the molecule is Cc1nonc1CNC(C)C(=O)N1CCCC1. The van der Waals surface area contributed by atoms with Crippen molar-refractivity contribution in [3.05, 3.63) is 11.4 Å². The van der Waals surface area contributed by atoms with Crippen molar-refractivity contribution >= 4 is 5.91 Å². The van der Waals surface area contributed by atoms with Gasteiger partial charge in [0.15, 0.2) is 0 Å². The molecule has 1 aromatic heterocycles. The van der Waals surface area contributed by atoms with Gasteiger partial charge in [0, 0.05) is 19.6 Å². The third kappa shape index (κ3) is 2.82. The summed E-state index contributed by atoms with van der Waals surface area (Å²) in [4.78, 5) is 13.9. The minimum absolute atomic E-state index is 0.164. The lowest BCUT2D eigenvalue weighted by Crippen LogP contribution is -2.43. The monoisotopic (exact) mass is 238 g/mol. The number of rotatable bonds is 4. The van der Waals surface area contributed by atoms with Gasteiger partial charge in [0.2, 0.25) is 5.91 Å². The summed E-state index contributed by atoms with van der Waals surface area (Å²) in [6.45, 7) is 5.99. The molecule has 1 unspecified atom stereocenters. The Balaban J connectivity index is 1.82. The molecule has 2 heterocycles. The van der Waals surface area contributed by atoms with Crippen molar-refractivity contribution in [3.8, 4) is 0 Å². The number of carbonyl (C=O) groups excluding carboxylic acids is 1. The van der Waals surface area contributed by atoms with Crippen molar-refractivity contribution in [2.45, 2.75) is 39.3 Å². The number of likely N-dealkylation sites (tertiary alicyclic amines) is 1. The molecule has 17 heavy (non-hydrogen) atoms. The summed E-state index contributed by atoms with van der Waals surface area (Å²) in [5.41, 5.74) is 1.52. The maximum absolute atomic E-state index is 12.0. The van der Waals surface area contributed by atoms with Crippen molar-refractivity contribution < 1.29 is 9.42 Å². The van der Waals surface area contributed by atoms with Gasteiger partial charge in [-0.25, -0.2) is 4.63 Å². The van der Waals surface area contributed by atoms with Crippen LogP contribution >= 0.6 is 0 Å². The fourth-order valence-corrected chi connectivity index (χ4v) is 1.96. The smallest absolute Gasteiger partial charge is 0.239 e. The van der Waals surface area contributed by atoms with Crippen molar-refractivity contribution in [2.75, 3.05) is 13.1 Å². The summed E-state index contributed by atoms with van der Waals surface area (Å²) < 4.78 is 4.60. The third-order valence-electron chi connectivity index (χ3n) is 3.11. The number of amides is 1. The molecule has 0 bridgehead atoms. The lowest BCUT2D eigenvalue weighted by atomic mass is 10.2. The molecule has 1 aromatic rings. The van der Waals surface area contributed by atoms with E-state index in [1.807, 2.05) is 18.7 Å². The Morgan fingerprint density at radius 1 is 1.47 bits per heavy atom. The first-order valence-corrected chi connectivity index (χ1v) is 5.98. The quantitative estimate of drug-likeness (QED) is 0.826. The highest BCUT2D eigenvalue weighted by atomic mass is 16.6. The van der Waals surface area contributed by atoms with Crippen LogP contribution in [0.5, 0.6) is 0 Å². The van der Waals surface area contributed by atoms with E-state index in [9.17, 15) is 4.79 Å². The van der Waals surface area contributed by atoms with Crippen LogP contribution in [0.4, 0.5) is 0 Å². The maximum atomic E-state index is 12.0. The van der Waals surface area contributed by atoms with Gasteiger partial charge in [-0.1, -0.05) is 10.3 Å². The number of carbonyl (C=O) groups is 1. The first-order chi connectivity index (χ1) is 8.18. The van der Waals surface area contributed by atoms with Gasteiger partial charge >= 0.3 is 0 Å². The van der Waals surface area contributed by atoms with Crippen molar-refractivity contribution in [1.82, 2.24) is 20.5 Å². The molecule has 0 spiro atoms. The van der Waals surface area contributed by atoms with Gasteiger partial charge in [-0.3, -0.25) is 4.79 Å². The number of aryl methyl sites for hydroxylation is 1. The molecule has 1 aliphatic rings. The van der Waals surface area contributed by atoms with Crippen LogP contribution in [0.15, 0.2) is 4.63 Å². The van der Waals surface area contributed by atoms with Crippen molar-refractivity contribution in [3.63, 3.8) is 0 Å². The molecule has 1 atom stereocenters. The molecule has 1 amide bonds. The van der Waals surface area contributed by atoms with Crippen LogP contribution in [-0.4, -0.2) is 40.3 Å². The summed E-state index contributed by atoms with van der Waals surface area (Å²) in [5, 5.41) is 10.6. The Hall–Kier alpha value is -1.43. The minimum atomic E-state index is -0.191. The van der Waals surface area contributed by atoms with E-state index >= 15 is 0 Å². The van der Waals surface area contributed by atoms with Gasteiger partial charge in [0.1, 0.15) is 11.4 Å². The zero-order valence-electron chi connectivity index (χ0n) is 10.3. The summed E-state index contributed by atoms with van der Waals surface area (Å²) in [6.07, 6.45) is 2.23. The second-order valence-corrected chi connectivity index (χ2v) is 4.43. The molecule has 2 rings (SSSR count). The van der Waals surface area contributed by atoms with Crippen LogP contribution in [0.2, 0.25) is 0 Å². The lowest BCUT2D eigenvalue weighted by Gasteiger charge is -2.20. The fraction of sp³-hybridized carbons (Fsp3) is 0.727. The second kappa shape index (κ2) is 5.27. The van der Waals surface area contributed by atoms with E-state index in [1.54, 1.807) is 0 Å². The van der Waals surface area contributed by atoms with Crippen LogP contribution in [0.3, 0.4) is 0 Å². The molecule has 0 aliphatic carbocycles. The Kier molecular flexibility index (Phi) is 3.73. The van der Waals surface area contributed by atoms with Gasteiger partial charge in [-0.2, -0.15) is 0 Å². The molecule has 0 saturated carbocycles.